The number of hydrogen-bond donors (Lipinski definition) is 3. The van der Waals surface area contributed by atoms with E-state index in [2.05, 4.69) is 12.2 Å². The topological polar surface area (TPSA) is 81.1 Å². The first-order chi connectivity index (χ1) is 7.58. The van der Waals surface area contributed by atoms with E-state index in [0.29, 0.717) is 17.2 Å². The van der Waals surface area contributed by atoms with Gasteiger partial charge in [0.1, 0.15) is 0 Å². The van der Waals surface area contributed by atoms with E-state index in [4.69, 9.17) is 11.5 Å². The SMILES string of the molecule is CC1CC1CNc1cc(N)ccc1C(N)=O. The first kappa shape index (κ1) is 10.8. The molecule has 1 fully saturated rings. The maximum Gasteiger partial charge on any atom is 0.250 e. The highest BCUT2D eigenvalue weighted by molar-refractivity contribution is 5.99. The molecule has 4 heteroatoms. The minimum absolute atomic E-state index is 0.425. The number of primary amides is 1. The summed E-state index contributed by atoms with van der Waals surface area (Å²) in [5.74, 6) is 1.07. The zero-order valence-corrected chi connectivity index (χ0v) is 9.36. The van der Waals surface area contributed by atoms with Crippen molar-refractivity contribution >= 4 is 17.3 Å². The van der Waals surface area contributed by atoms with E-state index >= 15 is 0 Å². The summed E-state index contributed by atoms with van der Waals surface area (Å²) in [5.41, 5.74) is 12.9. The molecule has 2 rings (SSSR count). The summed E-state index contributed by atoms with van der Waals surface area (Å²) in [4.78, 5) is 11.2. The van der Waals surface area contributed by atoms with Crippen molar-refractivity contribution in [1.29, 1.82) is 0 Å². The fourth-order valence-corrected chi connectivity index (χ4v) is 1.85. The van der Waals surface area contributed by atoms with E-state index in [9.17, 15) is 4.79 Å². The molecule has 0 radical (unpaired) electrons. The number of anilines is 2. The lowest BCUT2D eigenvalue weighted by molar-refractivity contribution is 0.100. The molecule has 1 saturated carbocycles. The second kappa shape index (κ2) is 4.04. The predicted molar refractivity (Wildman–Crippen MR) is 65.1 cm³/mol. The van der Waals surface area contributed by atoms with E-state index < -0.39 is 5.91 Å². The van der Waals surface area contributed by atoms with Crippen LogP contribution < -0.4 is 16.8 Å². The number of nitrogens with one attached hydrogen (secondary N) is 1. The Hall–Kier alpha value is -1.71. The molecule has 2 atom stereocenters. The van der Waals surface area contributed by atoms with Gasteiger partial charge in [-0.15, -0.1) is 0 Å². The molecular weight excluding hydrogens is 202 g/mol. The summed E-state index contributed by atoms with van der Waals surface area (Å²) in [6.07, 6.45) is 1.25. The van der Waals surface area contributed by atoms with Crippen molar-refractivity contribution in [2.24, 2.45) is 17.6 Å². The van der Waals surface area contributed by atoms with Crippen molar-refractivity contribution in [3.05, 3.63) is 23.8 Å². The molecule has 0 aliphatic heterocycles. The van der Waals surface area contributed by atoms with Gasteiger partial charge in [0.05, 0.1) is 5.56 Å². The quantitative estimate of drug-likeness (QED) is 0.670. The fourth-order valence-electron chi connectivity index (χ4n) is 1.85. The van der Waals surface area contributed by atoms with Gasteiger partial charge in [0.2, 0.25) is 0 Å². The normalized spacial score (nSPS) is 22.8. The smallest absolute Gasteiger partial charge is 0.250 e. The molecule has 1 aromatic rings. The lowest BCUT2D eigenvalue weighted by Gasteiger charge is -2.10. The van der Waals surface area contributed by atoms with Crippen LogP contribution in [-0.4, -0.2) is 12.5 Å². The van der Waals surface area contributed by atoms with Crippen molar-refractivity contribution in [1.82, 2.24) is 0 Å². The van der Waals surface area contributed by atoms with Gasteiger partial charge in [-0.3, -0.25) is 4.79 Å². The molecule has 2 unspecified atom stereocenters. The van der Waals surface area contributed by atoms with Crippen LogP contribution in [0, 0.1) is 11.8 Å². The van der Waals surface area contributed by atoms with Gasteiger partial charge in [-0.1, -0.05) is 6.92 Å². The van der Waals surface area contributed by atoms with Crippen LogP contribution in [0.25, 0.3) is 0 Å². The van der Waals surface area contributed by atoms with Gasteiger partial charge in [0.25, 0.3) is 5.91 Å². The molecule has 1 aromatic carbocycles. The van der Waals surface area contributed by atoms with Crippen molar-refractivity contribution in [3.8, 4) is 0 Å². The maximum atomic E-state index is 11.2. The number of carbonyl (C=O) groups is 1. The minimum Gasteiger partial charge on any atom is -0.399 e. The highest BCUT2D eigenvalue weighted by Gasteiger charge is 2.32. The Bertz CT molecular complexity index is 417. The summed E-state index contributed by atoms with van der Waals surface area (Å²) in [6.45, 7) is 3.10. The van der Waals surface area contributed by atoms with E-state index in [1.165, 1.54) is 6.42 Å². The van der Waals surface area contributed by atoms with Crippen molar-refractivity contribution < 1.29 is 4.79 Å². The molecule has 1 aliphatic rings. The van der Waals surface area contributed by atoms with Gasteiger partial charge >= 0.3 is 0 Å². The molecule has 16 heavy (non-hydrogen) atoms. The van der Waals surface area contributed by atoms with Crippen molar-refractivity contribution in [3.63, 3.8) is 0 Å². The zero-order chi connectivity index (χ0) is 11.7. The number of benzene rings is 1. The molecule has 5 N–H and O–H groups in total. The Labute approximate surface area is 95.0 Å². The third-order valence-corrected chi connectivity index (χ3v) is 3.14. The van der Waals surface area contributed by atoms with Crippen LogP contribution in [0.1, 0.15) is 23.7 Å². The van der Waals surface area contributed by atoms with Crippen LogP contribution in [0.5, 0.6) is 0 Å². The Morgan fingerprint density at radius 3 is 2.81 bits per heavy atom. The molecule has 4 nitrogen and oxygen atoms in total. The molecule has 0 bridgehead atoms. The first-order valence-corrected chi connectivity index (χ1v) is 5.51. The monoisotopic (exact) mass is 219 g/mol. The minimum atomic E-state index is -0.425. The van der Waals surface area contributed by atoms with Crippen LogP contribution in [0.3, 0.4) is 0 Å². The molecular formula is C12H17N3O. The zero-order valence-electron chi connectivity index (χ0n) is 9.36. The molecule has 1 aliphatic carbocycles. The standard InChI is InChI=1S/C12H17N3O/c1-7-4-8(7)6-15-11-5-9(13)2-3-10(11)12(14)16/h2-3,5,7-8,15H,4,6,13H2,1H3,(H2,14,16). The van der Waals surface area contributed by atoms with E-state index in [1.54, 1.807) is 18.2 Å². The molecule has 0 heterocycles. The van der Waals surface area contributed by atoms with Crippen molar-refractivity contribution in [2.75, 3.05) is 17.6 Å². The number of nitrogens with two attached hydrogens (primary N) is 2. The summed E-state index contributed by atoms with van der Waals surface area (Å²) in [7, 11) is 0. The van der Waals surface area contributed by atoms with Crippen LogP contribution in [-0.2, 0) is 0 Å². The van der Waals surface area contributed by atoms with Crippen LogP contribution in [0.2, 0.25) is 0 Å². The third-order valence-electron chi connectivity index (χ3n) is 3.14. The summed E-state index contributed by atoms with van der Waals surface area (Å²) >= 11 is 0. The van der Waals surface area contributed by atoms with E-state index in [1.807, 2.05) is 0 Å². The Kier molecular flexibility index (Phi) is 2.73. The molecule has 0 spiro atoms. The van der Waals surface area contributed by atoms with Crippen LogP contribution in [0.15, 0.2) is 18.2 Å². The Morgan fingerprint density at radius 2 is 2.25 bits per heavy atom. The van der Waals surface area contributed by atoms with Gasteiger partial charge in [-0.2, -0.15) is 0 Å². The highest BCUT2D eigenvalue weighted by atomic mass is 16.1. The Morgan fingerprint density at radius 1 is 1.56 bits per heavy atom. The number of nitrogen functional groups attached to an aromatic ring is 1. The summed E-state index contributed by atoms with van der Waals surface area (Å²) < 4.78 is 0. The van der Waals surface area contributed by atoms with E-state index in [-0.39, 0.29) is 0 Å². The number of amides is 1. The molecule has 86 valence electrons. The third kappa shape index (κ3) is 2.27. The van der Waals surface area contributed by atoms with Gasteiger partial charge in [0.15, 0.2) is 0 Å². The predicted octanol–water partition coefficient (Wildman–Crippen LogP) is 1.44. The van der Waals surface area contributed by atoms with Gasteiger partial charge in [0, 0.05) is 17.9 Å². The van der Waals surface area contributed by atoms with Gasteiger partial charge in [-0.05, 0) is 36.5 Å². The van der Waals surface area contributed by atoms with Crippen LogP contribution in [0.4, 0.5) is 11.4 Å². The second-order valence-corrected chi connectivity index (χ2v) is 4.52. The number of hydrogen-bond acceptors (Lipinski definition) is 3. The second-order valence-electron chi connectivity index (χ2n) is 4.52. The average Bonchev–Trinajstić information content (AvgIpc) is 2.91. The molecule has 1 amide bonds. The number of carbonyl (C=O) groups excluding carboxylic acids is 1. The molecule has 0 aromatic heterocycles. The first-order valence-electron chi connectivity index (χ1n) is 5.51. The largest absolute Gasteiger partial charge is 0.399 e. The fraction of sp³-hybridized carbons (Fsp3) is 0.417. The van der Waals surface area contributed by atoms with Gasteiger partial charge < -0.3 is 16.8 Å². The summed E-state index contributed by atoms with van der Waals surface area (Å²) in [5, 5.41) is 3.25. The average molecular weight is 219 g/mol. The Balaban J connectivity index is 2.10. The van der Waals surface area contributed by atoms with Gasteiger partial charge in [-0.25, -0.2) is 0 Å². The van der Waals surface area contributed by atoms with E-state index in [0.717, 1.165) is 18.2 Å². The summed E-state index contributed by atoms with van der Waals surface area (Å²) in [6, 6.07) is 5.11. The lowest BCUT2D eigenvalue weighted by atomic mass is 10.1. The molecule has 0 saturated heterocycles. The van der Waals surface area contributed by atoms with Crippen molar-refractivity contribution in [2.45, 2.75) is 13.3 Å². The maximum absolute atomic E-state index is 11.2. The lowest BCUT2D eigenvalue weighted by Crippen LogP contribution is -2.15. The highest BCUT2D eigenvalue weighted by Crippen LogP contribution is 2.37. The number of rotatable bonds is 4. The van der Waals surface area contributed by atoms with Crippen LogP contribution >= 0.6 is 0 Å².